The van der Waals surface area contributed by atoms with Gasteiger partial charge in [-0.15, -0.1) is 0 Å². The van der Waals surface area contributed by atoms with Crippen LogP contribution in [0.3, 0.4) is 0 Å². The molecule has 2 N–H and O–H groups in total. The molecule has 5 nitrogen and oxygen atoms in total. The van der Waals surface area contributed by atoms with Crippen LogP contribution in [0.2, 0.25) is 5.02 Å². The van der Waals surface area contributed by atoms with Gasteiger partial charge in [0.25, 0.3) is 0 Å². The van der Waals surface area contributed by atoms with Gasteiger partial charge in [-0.25, -0.2) is 13.1 Å². The molecule has 1 saturated heterocycles. The van der Waals surface area contributed by atoms with Crippen LogP contribution in [0.25, 0.3) is 0 Å². The molecule has 0 spiro atoms. The highest BCUT2D eigenvalue weighted by Crippen LogP contribution is 2.29. The summed E-state index contributed by atoms with van der Waals surface area (Å²) in [5.41, 5.74) is 1.11. The molecule has 1 heterocycles. The van der Waals surface area contributed by atoms with Gasteiger partial charge in [-0.1, -0.05) is 17.7 Å². The monoisotopic (exact) mass is 458 g/mol. The number of hydrogen-bond acceptors (Lipinski definition) is 4. The number of benzene rings is 1. The topological polar surface area (TPSA) is 67.4 Å². The summed E-state index contributed by atoms with van der Waals surface area (Å²) in [5, 5.41) is 4.09. The van der Waals surface area contributed by atoms with E-state index < -0.39 is 10.0 Å². The highest BCUT2D eigenvalue weighted by Gasteiger charge is 2.26. The van der Waals surface area contributed by atoms with E-state index >= 15 is 0 Å². The maximum absolute atomic E-state index is 11.2. The zero-order valence-corrected chi connectivity index (χ0v) is 16.0. The maximum Gasteiger partial charge on any atom is 0.208 e. The average Bonchev–Trinajstić information content (AvgIpc) is 2.66. The Morgan fingerprint density at radius 1 is 1.50 bits per heavy atom. The average molecular weight is 459 g/mol. The second kappa shape index (κ2) is 8.25. The molecular weight excluding hydrogens is 439 g/mol. The van der Waals surface area contributed by atoms with Crippen LogP contribution in [0.5, 0.6) is 0 Å². The number of nitrogens with one attached hydrogen (secondary N) is 2. The Morgan fingerprint density at radius 3 is 2.95 bits per heavy atom. The molecule has 0 radical (unpaired) electrons. The Labute approximate surface area is 150 Å². The summed E-state index contributed by atoms with van der Waals surface area (Å²) in [6, 6.07) is 6.03. The van der Waals surface area contributed by atoms with Crippen molar-refractivity contribution in [1.82, 2.24) is 10.0 Å². The molecule has 0 unspecified atom stereocenters. The van der Waals surface area contributed by atoms with Crippen LogP contribution in [0, 0.1) is 3.57 Å². The first-order valence-electron chi connectivity index (χ1n) is 7.09. The van der Waals surface area contributed by atoms with Gasteiger partial charge >= 0.3 is 0 Å². The van der Waals surface area contributed by atoms with E-state index in [9.17, 15) is 8.42 Å². The molecule has 2 atom stereocenters. The quantitative estimate of drug-likeness (QED) is 0.662. The van der Waals surface area contributed by atoms with Gasteiger partial charge in [-0.3, -0.25) is 0 Å². The zero-order valence-electron chi connectivity index (χ0n) is 12.3. The molecule has 0 aliphatic carbocycles. The third-order valence-electron chi connectivity index (χ3n) is 3.59. The third-order valence-corrected chi connectivity index (χ3v) is 5.89. The van der Waals surface area contributed by atoms with Crippen molar-refractivity contribution in [3.8, 4) is 0 Å². The van der Waals surface area contributed by atoms with Gasteiger partial charge in [0.2, 0.25) is 10.0 Å². The minimum atomic E-state index is -3.17. The van der Waals surface area contributed by atoms with E-state index in [1.165, 1.54) is 6.26 Å². The smallest absolute Gasteiger partial charge is 0.208 e. The molecule has 1 fully saturated rings. The van der Waals surface area contributed by atoms with Crippen molar-refractivity contribution >= 4 is 44.2 Å². The van der Waals surface area contributed by atoms with Crippen molar-refractivity contribution in [3.63, 3.8) is 0 Å². The van der Waals surface area contributed by atoms with Gasteiger partial charge < -0.3 is 10.1 Å². The molecule has 2 rings (SSSR count). The number of hydrogen-bond donors (Lipinski definition) is 2. The fraction of sp³-hybridized carbons (Fsp3) is 0.571. The predicted molar refractivity (Wildman–Crippen MR) is 97.0 cm³/mol. The number of rotatable bonds is 5. The first-order valence-corrected chi connectivity index (χ1v) is 10.4. The van der Waals surface area contributed by atoms with Crippen molar-refractivity contribution in [2.75, 3.05) is 32.5 Å². The Kier molecular flexibility index (Phi) is 6.91. The lowest BCUT2D eigenvalue weighted by atomic mass is 9.91. The molecule has 0 amide bonds. The summed E-state index contributed by atoms with van der Waals surface area (Å²) < 4.78 is 31.8. The minimum absolute atomic E-state index is 0.0413. The van der Waals surface area contributed by atoms with Crippen LogP contribution in [0.4, 0.5) is 0 Å². The molecule has 0 aromatic heterocycles. The largest absolute Gasteiger partial charge is 0.376 e. The summed E-state index contributed by atoms with van der Waals surface area (Å²) in [7, 11) is -3.17. The predicted octanol–water partition coefficient (Wildman–Crippen LogP) is 1.96. The van der Waals surface area contributed by atoms with E-state index in [1.54, 1.807) is 0 Å². The van der Waals surface area contributed by atoms with Crippen LogP contribution < -0.4 is 10.0 Å². The lowest BCUT2D eigenvalue weighted by molar-refractivity contribution is 0.0473. The molecule has 1 aliphatic rings. The number of sulfonamides is 1. The molecule has 1 aromatic carbocycles. The standard InChI is InChI=1S/C14H20ClIN2O3S/c1-22(19,20)18-5-4-14-11(9-17-6-7-21-14)10-2-3-13(16)12(15)8-10/h2-3,8,11,14,17-18H,4-7,9H2,1H3/t11-,14-/m0/s1. The Bertz CT molecular complexity index is 612. The molecule has 8 heteroatoms. The molecule has 22 heavy (non-hydrogen) atoms. The van der Waals surface area contributed by atoms with E-state index in [2.05, 4.69) is 38.7 Å². The lowest BCUT2D eigenvalue weighted by Gasteiger charge is -2.25. The molecule has 0 saturated carbocycles. The SMILES string of the molecule is CS(=O)(=O)NCC[C@@H]1OCCNC[C@H]1c1ccc(I)c(Cl)c1. The highest BCUT2D eigenvalue weighted by atomic mass is 127. The van der Waals surface area contributed by atoms with Crippen molar-refractivity contribution in [3.05, 3.63) is 32.4 Å². The fourth-order valence-electron chi connectivity index (χ4n) is 2.53. The Hall–Kier alpha value is 0.0700. The van der Waals surface area contributed by atoms with Gasteiger partial charge in [0, 0.05) is 29.1 Å². The first kappa shape index (κ1) is 18.4. The van der Waals surface area contributed by atoms with E-state index in [-0.39, 0.29) is 12.0 Å². The highest BCUT2D eigenvalue weighted by molar-refractivity contribution is 14.1. The van der Waals surface area contributed by atoms with Crippen LogP contribution in [-0.2, 0) is 14.8 Å². The summed E-state index contributed by atoms with van der Waals surface area (Å²) in [6.07, 6.45) is 1.75. The Morgan fingerprint density at radius 2 is 2.27 bits per heavy atom. The summed E-state index contributed by atoms with van der Waals surface area (Å²) in [4.78, 5) is 0. The first-order chi connectivity index (χ1) is 10.4. The second-order valence-electron chi connectivity index (χ2n) is 5.35. The molecular formula is C14H20ClIN2O3S. The molecule has 124 valence electrons. The van der Waals surface area contributed by atoms with Crippen molar-refractivity contribution in [2.24, 2.45) is 0 Å². The van der Waals surface area contributed by atoms with Crippen LogP contribution in [0.15, 0.2) is 18.2 Å². The van der Waals surface area contributed by atoms with Crippen molar-refractivity contribution in [1.29, 1.82) is 0 Å². The molecule has 1 aliphatic heterocycles. The summed E-state index contributed by atoms with van der Waals surface area (Å²) in [6.45, 7) is 2.58. The van der Waals surface area contributed by atoms with Crippen LogP contribution >= 0.6 is 34.2 Å². The normalized spacial score (nSPS) is 23.2. The number of halogens is 2. The third kappa shape index (κ3) is 5.61. The maximum atomic E-state index is 11.2. The van der Waals surface area contributed by atoms with Crippen LogP contribution in [-0.4, -0.2) is 47.0 Å². The fourth-order valence-corrected chi connectivity index (χ4v) is 3.55. The van der Waals surface area contributed by atoms with Gasteiger partial charge in [0.05, 0.1) is 24.0 Å². The molecule has 0 bridgehead atoms. The summed E-state index contributed by atoms with van der Waals surface area (Å²) >= 11 is 8.43. The zero-order chi connectivity index (χ0) is 16.2. The lowest BCUT2D eigenvalue weighted by Crippen LogP contribution is -2.32. The van der Waals surface area contributed by atoms with Gasteiger partial charge in [0.1, 0.15) is 0 Å². The minimum Gasteiger partial charge on any atom is -0.376 e. The van der Waals surface area contributed by atoms with Gasteiger partial charge in [-0.05, 0) is 46.7 Å². The van der Waals surface area contributed by atoms with Gasteiger partial charge in [0.15, 0.2) is 0 Å². The molecule has 1 aromatic rings. The van der Waals surface area contributed by atoms with E-state index in [4.69, 9.17) is 16.3 Å². The Balaban J connectivity index is 2.11. The van der Waals surface area contributed by atoms with Crippen LogP contribution in [0.1, 0.15) is 17.9 Å². The van der Waals surface area contributed by atoms with E-state index in [0.717, 1.165) is 27.2 Å². The van der Waals surface area contributed by atoms with Crippen molar-refractivity contribution in [2.45, 2.75) is 18.4 Å². The van der Waals surface area contributed by atoms with Crippen molar-refractivity contribution < 1.29 is 13.2 Å². The summed E-state index contributed by atoms with van der Waals surface area (Å²) in [5.74, 6) is 0.151. The van der Waals surface area contributed by atoms with E-state index in [0.29, 0.717) is 19.6 Å². The van der Waals surface area contributed by atoms with Gasteiger partial charge in [-0.2, -0.15) is 0 Å². The number of ether oxygens (including phenoxy) is 1. The second-order valence-corrected chi connectivity index (χ2v) is 8.75. The van der Waals surface area contributed by atoms with E-state index in [1.807, 2.05) is 12.1 Å².